The van der Waals surface area contributed by atoms with Gasteiger partial charge in [-0.25, -0.2) is 0 Å². The average molecular weight is 278 g/mol. The maximum atomic E-state index is 12.0. The minimum atomic E-state index is 0. The summed E-state index contributed by atoms with van der Waals surface area (Å²) in [5.41, 5.74) is 0.541. The van der Waals surface area contributed by atoms with Gasteiger partial charge in [0, 0.05) is 25.8 Å². The lowest BCUT2D eigenvalue weighted by Crippen LogP contribution is -2.34. The number of hydrogen-bond acceptors (Lipinski definition) is 3. The van der Waals surface area contributed by atoms with E-state index in [4.69, 9.17) is 0 Å². The molecule has 2 rings (SSSR count). The van der Waals surface area contributed by atoms with Crippen molar-refractivity contribution in [1.82, 2.24) is 15.2 Å². The van der Waals surface area contributed by atoms with Gasteiger partial charge in [0.15, 0.2) is 0 Å². The lowest BCUT2D eigenvalue weighted by atomic mass is 10.3. The molecule has 0 aliphatic carbocycles. The van der Waals surface area contributed by atoms with Crippen LogP contribution in [0.2, 0.25) is 0 Å². The van der Waals surface area contributed by atoms with E-state index < -0.39 is 0 Å². The Labute approximate surface area is 114 Å². The number of rotatable bonds is 1. The molecule has 1 saturated heterocycles. The minimum Gasteiger partial charge on any atom is -0.336 e. The van der Waals surface area contributed by atoms with Gasteiger partial charge in [0.2, 0.25) is 0 Å². The summed E-state index contributed by atoms with van der Waals surface area (Å²) in [5.74, 6) is 0.0410. The average Bonchev–Trinajstić information content (AvgIpc) is 2.58. The summed E-state index contributed by atoms with van der Waals surface area (Å²) >= 11 is 0. The zero-order valence-corrected chi connectivity index (χ0v) is 11.1. The minimum absolute atomic E-state index is 0. The highest BCUT2D eigenvalue weighted by Crippen LogP contribution is 2.03. The van der Waals surface area contributed by atoms with E-state index in [1.54, 1.807) is 12.3 Å². The highest BCUT2D eigenvalue weighted by molar-refractivity contribution is 5.92. The number of carbonyl (C=O) groups excluding carboxylic acids is 1. The molecule has 2 heterocycles. The number of aromatic nitrogens is 1. The molecule has 96 valence electrons. The summed E-state index contributed by atoms with van der Waals surface area (Å²) in [6, 6.07) is 5.43. The molecule has 1 N–H and O–H groups in total. The number of hydrogen-bond donors (Lipinski definition) is 1. The molecule has 0 spiro atoms. The van der Waals surface area contributed by atoms with Crippen molar-refractivity contribution in [2.24, 2.45) is 0 Å². The molecular weight excluding hydrogens is 261 g/mol. The van der Waals surface area contributed by atoms with Crippen LogP contribution in [-0.4, -0.2) is 42.0 Å². The van der Waals surface area contributed by atoms with E-state index in [0.717, 1.165) is 32.6 Å². The van der Waals surface area contributed by atoms with Gasteiger partial charge in [0.1, 0.15) is 5.69 Å². The molecule has 0 aromatic carbocycles. The number of pyridine rings is 1. The Hall–Kier alpha value is -0.840. The van der Waals surface area contributed by atoms with Crippen molar-refractivity contribution in [2.45, 2.75) is 6.42 Å². The largest absolute Gasteiger partial charge is 0.336 e. The van der Waals surface area contributed by atoms with Crippen LogP contribution < -0.4 is 5.32 Å². The fourth-order valence-corrected chi connectivity index (χ4v) is 1.70. The Kier molecular flexibility index (Phi) is 7.87. The maximum Gasteiger partial charge on any atom is 0.272 e. The monoisotopic (exact) mass is 277 g/mol. The van der Waals surface area contributed by atoms with Crippen LogP contribution in [0.1, 0.15) is 16.9 Å². The summed E-state index contributed by atoms with van der Waals surface area (Å²) in [4.78, 5) is 17.9. The van der Waals surface area contributed by atoms with E-state index in [9.17, 15) is 4.79 Å². The molecule has 4 nitrogen and oxygen atoms in total. The Bertz CT molecular complexity index is 327. The number of halogens is 2. The molecule has 17 heavy (non-hydrogen) atoms. The quantitative estimate of drug-likeness (QED) is 0.843. The van der Waals surface area contributed by atoms with Gasteiger partial charge in [-0.05, 0) is 25.1 Å². The van der Waals surface area contributed by atoms with Gasteiger partial charge in [0.05, 0.1) is 0 Å². The molecule has 0 saturated carbocycles. The van der Waals surface area contributed by atoms with Crippen LogP contribution in [0, 0.1) is 0 Å². The van der Waals surface area contributed by atoms with E-state index in [1.165, 1.54) is 0 Å². The number of amides is 1. The summed E-state index contributed by atoms with van der Waals surface area (Å²) in [5, 5.41) is 3.27. The molecule has 1 amide bonds. The zero-order valence-electron chi connectivity index (χ0n) is 9.46. The SMILES string of the molecule is Cl.Cl.O=C(c1ccccn1)N1CCCNCC1. The number of nitrogens with one attached hydrogen (secondary N) is 1. The van der Waals surface area contributed by atoms with Gasteiger partial charge in [-0.1, -0.05) is 6.07 Å². The molecule has 1 aliphatic rings. The van der Waals surface area contributed by atoms with Crippen LogP contribution in [0.15, 0.2) is 24.4 Å². The van der Waals surface area contributed by atoms with Crippen LogP contribution in [0.25, 0.3) is 0 Å². The lowest BCUT2D eigenvalue weighted by Gasteiger charge is -2.19. The fourth-order valence-electron chi connectivity index (χ4n) is 1.70. The van der Waals surface area contributed by atoms with Crippen LogP contribution in [0.4, 0.5) is 0 Å². The van der Waals surface area contributed by atoms with Gasteiger partial charge in [-0.3, -0.25) is 9.78 Å². The molecule has 6 heteroatoms. The third kappa shape index (κ3) is 4.50. The summed E-state index contributed by atoms with van der Waals surface area (Å²) < 4.78 is 0. The Morgan fingerprint density at radius 1 is 1.24 bits per heavy atom. The van der Waals surface area contributed by atoms with E-state index in [1.807, 2.05) is 17.0 Å². The molecule has 0 radical (unpaired) electrons. The van der Waals surface area contributed by atoms with Crippen molar-refractivity contribution in [3.05, 3.63) is 30.1 Å². The predicted molar refractivity (Wildman–Crippen MR) is 72.1 cm³/mol. The second-order valence-corrected chi connectivity index (χ2v) is 3.61. The Morgan fingerprint density at radius 3 is 2.76 bits per heavy atom. The molecule has 0 bridgehead atoms. The standard InChI is InChI=1S/C11H15N3O.2ClH/c15-11(10-4-1-2-6-13-10)14-8-3-5-12-7-9-14;;/h1-2,4,6,12H,3,5,7-9H2;2*1H. The van der Waals surface area contributed by atoms with E-state index in [2.05, 4.69) is 10.3 Å². The molecule has 1 aromatic rings. The zero-order chi connectivity index (χ0) is 10.5. The van der Waals surface area contributed by atoms with Gasteiger partial charge < -0.3 is 10.2 Å². The van der Waals surface area contributed by atoms with Gasteiger partial charge in [0.25, 0.3) is 5.91 Å². The Morgan fingerprint density at radius 2 is 2.06 bits per heavy atom. The van der Waals surface area contributed by atoms with Gasteiger partial charge in [-0.15, -0.1) is 24.8 Å². The van der Waals surface area contributed by atoms with Crippen molar-refractivity contribution < 1.29 is 4.79 Å². The first-order chi connectivity index (χ1) is 7.38. The molecule has 0 atom stereocenters. The highest BCUT2D eigenvalue weighted by Gasteiger charge is 2.17. The number of nitrogens with zero attached hydrogens (tertiary/aromatic N) is 2. The van der Waals surface area contributed by atoms with E-state index >= 15 is 0 Å². The topological polar surface area (TPSA) is 45.2 Å². The fraction of sp³-hybridized carbons (Fsp3) is 0.455. The normalized spacial score (nSPS) is 15.2. The third-order valence-electron chi connectivity index (χ3n) is 2.51. The first-order valence-corrected chi connectivity index (χ1v) is 5.29. The molecule has 1 aromatic heterocycles. The summed E-state index contributed by atoms with van der Waals surface area (Å²) in [6.45, 7) is 3.46. The lowest BCUT2D eigenvalue weighted by molar-refractivity contribution is 0.0760. The number of carbonyl (C=O) groups is 1. The third-order valence-corrected chi connectivity index (χ3v) is 2.51. The smallest absolute Gasteiger partial charge is 0.272 e. The van der Waals surface area contributed by atoms with Crippen molar-refractivity contribution >= 4 is 30.7 Å². The van der Waals surface area contributed by atoms with Crippen LogP contribution in [-0.2, 0) is 0 Å². The molecule has 1 fully saturated rings. The first-order valence-electron chi connectivity index (χ1n) is 5.29. The van der Waals surface area contributed by atoms with Gasteiger partial charge >= 0.3 is 0 Å². The summed E-state index contributed by atoms with van der Waals surface area (Å²) in [7, 11) is 0. The van der Waals surface area contributed by atoms with Crippen molar-refractivity contribution in [1.29, 1.82) is 0 Å². The highest BCUT2D eigenvalue weighted by atomic mass is 35.5. The Balaban J connectivity index is 0.00000128. The van der Waals surface area contributed by atoms with E-state index in [-0.39, 0.29) is 30.7 Å². The van der Waals surface area contributed by atoms with Crippen LogP contribution in [0.3, 0.4) is 0 Å². The second-order valence-electron chi connectivity index (χ2n) is 3.61. The van der Waals surface area contributed by atoms with Crippen LogP contribution in [0.5, 0.6) is 0 Å². The van der Waals surface area contributed by atoms with Crippen LogP contribution >= 0.6 is 24.8 Å². The van der Waals surface area contributed by atoms with Crippen molar-refractivity contribution in [3.63, 3.8) is 0 Å². The maximum absolute atomic E-state index is 12.0. The molecular formula is C11H17Cl2N3O. The summed E-state index contributed by atoms with van der Waals surface area (Å²) in [6.07, 6.45) is 2.67. The predicted octanol–water partition coefficient (Wildman–Crippen LogP) is 1.36. The molecule has 1 aliphatic heterocycles. The first kappa shape index (κ1) is 16.2. The van der Waals surface area contributed by atoms with E-state index in [0.29, 0.717) is 5.69 Å². The van der Waals surface area contributed by atoms with Crippen molar-refractivity contribution in [3.8, 4) is 0 Å². The second kappa shape index (κ2) is 8.28. The van der Waals surface area contributed by atoms with Crippen molar-refractivity contribution in [2.75, 3.05) is 26.2 Å². The van der Waals surface area contributed by atoms with Gasteiger partial charge in [-0.2, -0.15) is 0 Å². The molecule has 0 unspecified atom stereocenters.